The first-order valence-corrected chi connectivity index (χ1v) is 8.32. The van der Waals surface area contributed by atoms with Crippen molar-refractivity contribution in [1.82, 2.24) is 15.0 Å². The van der Waals surface area contributed by atoms with E-state index in [4.69, 9.17) is 4.98 Å². The van der Waals surface area contributed by atoms with E-state index in [2.05, 4.69) is 39.4 Å². The van der Waals surface area contributed by atoms with Gasteiger partial charge in [0.05, 0.1) is 5.71 Å². The fourth-order valence-corrected chi connectivity index (χ4v) is 2.93. The lowest BCUT2D eigenvalue weighted by atomic mass is 10.1. The number of hydrazone groups is 1. The topological polar surface area (TPSA) is 59.3 Å². The van der Waals surface area contributed by atoms with E-state index in [-0.39, 0.29) is 5.91 Å². The first-order valence-electron chi connectivity index (χ1n) is 8.32. The minimum Gasteiger partial charge on any atom is -0.326 e. The molecule has 1 aromatic heterocycles. The summed E-state index contributed by atoms with van der Waals surface area (Å²) in [5, 5.41) is 4.18. The number of benzene rings is 2. The highest BCUT2D eigenvalue weighted by atomic mass is 16.2. The highest BCUT2D eigenvalue weighted by molar-refractivity contribution is 6.03. The third kappa shape index (κ3) is 3.35. The van der Waals surface area contributed by atoms with E-state index in [0.29, 0.717) is 12.8 Å². The van der Waals surface area contributed by atoms with E-state index in [0.717, 1.165) is 29.3 Å². The summed E-state index contributed by atoms with van der Waals surface area (Å²) in [6.45, 7) is 0.734. The van der Waals surface area contributed by atoms with E-state index >= 15 is 0 Å². The van der Waals surface area contributed by atoms with Gasteiger partial charge in [-0.15, -0.1) is 0 Å². The third-order valence-electron chi connectivity index (χ3n) is 4.20. The number of aromatic nitrogens is 2. The van der Waals surface area contributed by atoms with Gasteiger partial charge >= 0.3 is 0 Å². The van der Waals surface area contributed by atoms with Crippen LogP contribution in [0.4, 0.5) is 0 Å². The van der Waals surface area contributed by atoms with Crippen LogP contribution >= 0.6 is 0 Å². The standard InChI is InChI=1S/C20H18N4O/c25-19-12-11-17(22-23-19)18-14-24(13-15-7-3-1-4-8-15)20(21-18)16-9-5-2-6-10-16/h1-10,14H,11-13H2,(H,23,25). The van der Waals surface area contributed by atoms with Crippen LogP contribution in [0.3, 0.4) is 0 Å². The molecule has 0 atom stereocenters. The number of carbonyl (C=O) groups is 1. The predicted octanol–water partition coefficient (Wildman–Crippen LogP) is 3.21. The Morgan fingerprint density at radius 2 is 1.68 bits per heavy atom. The normalized spacial score (nSPS) is 14.1. The maximum absolute atomic E-state index is 11.3. The molecule has 1 amide bonds. The second-order valence-electron chi connectivity index (χ2n) is 6.02. The van der Waals surface area contributed by atoms with Gasteiger partial charge in [0.1, 0.15) is 11.5 Å². The van der Waals surface area contributed by atoms with Crippen molar-refractivity contribution in [2.45, 2.75) is 19.4 Å². The second kappa shape index (κ2) is 6.73. The number of hydrogen-bond donors (Lipinski definition) is 1. The van der Waals surface area contributed by atoms with Crippen molar-refractivity contribution in [2.75, 3.05) is 0 Å². The summed E-state index contributed by atoms with van der Waals surface area (Å²) in [4.78, 5) is 16.1. The van der Waals surface area contributed by atoms with Crippen LogP contribution in [0, 0.1) is 0 Å². The van der Waals surface area contributed by atoms with Crippen molar-refractivity contribution < 1.29 is 4.79 Å². The van der Waals surface area contributed by atoms with E-state index in [1.807, 2.05) is 42.6 Å². The molecule has 5 nitrogen and oxygen atoms in total. The molecule has 0 spiro atoms. The molecular weight excluding hydrogens is 312 g/mol. The summed E-state index contributed by atoms with van der Waals surface area (Å²) < 4.78 is 2.14. The Balaban J connectivity index is 1.74. The molecular formula is C20H18N4O. The van der Waals surface area contributed by atoms with Crippen LogP contribution in [-0.2, 0) is 11.3 Å². The number of nitrogens with zero attached hydrogens (tertiary/aromatic N) is 3. The number of carbonyl (C=O) groups excluding carboxylic acids is 1. The molecule has 0 fully saturated rings. The van der Waals surface area contributed by atoms with Gasteiger partial charge in [0.25, 0.3) is 0 Å². The molecule has 2 aromatic carbocycles. The van der Waals surface area contributed by atoms with Crippen molar-refractivity contribution in [3.63, 3.8) is 0 Å². The summed E-state index contributed by atoms with van der Waals surface area (Å²) in [5.41, 5.74) is 6.46. The quantitative estimate of drug-likeness (QED) is 0.798. The van der Waals surface area contributed by atoms with E-state index in [1.54, 1.807) is 0 Å². The first-order chi connectivity index (χ1) is 12.3. The van der Waals surface area contributed by atoms with E-state index in [9.17, 15) is 4.79 Å². The molecule has 0 saturated heterocycles. The zero-order valence-electron chi connectivity index (χ0n) is 13.7. The summed E-state index contributed by atoms with van der Waals surface area (Å²) >= 11 is 0. The van der Waals surface area contributed by atoms with Gasteiger partial charge in [-0.05, 0) is 5.56 Å². The summed E-state index contributed by atoms with van der Waals surface area (Å²) in [6, 6.07) is 20.4. The largest absolute Gasteiger partial charge is 0.326 e. The SMILES string of the molecule is O=C1CCC(c2cn(Cc3ccccc3)c(-c3ccccc3)n2)=NN1. The Kier molecular flexibility index (Phi) is 4.12. The number of imidazole rings is 1. The van der Waals surface area contributed by atoms with Gasteiger partial charge in [-0.1, -0.05) is 60.7 Å². The van der Waals surface area contributed by atoms with Crippen LogP contribution in [0.5, 0.6) is 0 Å². The van der Waals surface area contributed by atoms with Gasteiger partial charge in [0.2, 0.25) is 5.91 Å². The molecule has 4 rings (SSSR count). The minimum atomic E-state index is -0.0456. The zero-order chi connectivity index (χ0) is 17.1. The predicted molar refractivity (Wildman–Crippen MR) is 97.1 cm³/mol. The van der Waals surface area contributed by atoms with Gasteiger partial charge in [-0.2, -0.15) is 5.10 Å². The minimum absolute atomic E-state index is 0.0456. The Morgan fingerprint density at radius 1 is 0.960 bits per heavy atom. The molecule has 1 N–H and O–H groups in total. The lowest BCUT2D eigenvalue weighted by Gasteiger charge is -2.09. The smallest absolute Gasteiger partial charge is 0.240 e. The summed E-state index contributed by atoms with van der Waals surface area (Å²) in [7, 11) is 0. The number of rotatable bonds is 4. The maximum Gasteiger partial charge on any atom is 0.240 e. The molecule has 3 aromatic rings. The summed E-state index contributed by atoms with van der Waals surface area (Å²) in [6.07, 6.45) is 3.08. The highest BCUT2D eigenvalue weighted by Crippen LogP contribution is 2.21. The molecule has 0 radical (unpaired) electrons. The Hall–Kier alpha value is -3.21. The number of nitrogens with one attached hydrogen (secondary N) is 1. The monoisotopic (exact) mass is 330 g/mol. The van der Waals surface area contributed by atoms with Crippen LogP contribution in [-0.4, -0.2) is 21.2 Å². The maximum atomic E-state index is 11.3. The van der Waals surface area contributed by atoms with Crippen molar-refractivity contribution in [2.24, 2.45) is 5.10 Å². The van der Waals surface area contributed by atoms with Crippen LogP contribution in [0.1, 0.15) is 24.1 Å². The molecule has 25 heavy (non-hydrogen) atoms. The van der Waals surface area contributed by atoms with Crippen molar-refractivity contribution in [3.05, 3.63) is 78.1 Å². The molecule has 1 aliphatic heterocycles. The molecule has 5 heteroatoms. The molecule has 0 saturated carbocycles. The number of amides is 1. The molecule has 124 valence electrons. The lowest BCUT2D eigenvalue weighted by Crippen LogP contribution is -2.26. The lowest BCUT2D eigenvalue weighted by molar-refractivity contribution is -0.121. The van der Waals surface area contributed by atoms with Crippen LogP contribution in [0.2, 0.25) is 0 Å². The Morgan fingerprint density at radius 3 is 2.36 bits per heavy atom. The average molecular weight is 330 g/mol. The molecule has 1 aliphatic rings. The van der Waals surface area contributed by atoms with Crippen molar-refractivity contribution in [3.8, 4) is 11.4 Å². The van der Waals surface area contributed by atoms with Gasteiger partial charge < -0.3 is 4.57 Å². The van der Waals surface area contributed by atoms with Crippen molar-refractivity contribution in [1.29, 1.82) is 0 Å². The highest BCUT2D eigenvalue weighted by Gasteiger charge is 2.18. The molecule has 0 unspecified atom stereocenters. The number of hydrogen-bond acceptors (Lipinski definition) is 3. The Bertz CT molecular complexity index is 913. The fourth-order valence-electron chi connectivity index (χ4n) is 2.93. The van der Waals surface area contributed by atoms with Crippen LogP contribution < -0.4 is 5.43 Å². The fraction of sp³-hybridized carbons (Fsp3) is 0.150. The first kappa shape index (κ1) is 15.3. The molecule has 0 aliphatic carbocycles. The average Bonchev–Trinajstić information content (AvgIpc) is 3.08. The van der Waals surface area contributed by atoms with Crippen LogP contribution in [0.25, 0.3) is 11.4 Å². The van der Waals surface area contributed by atoms with Gasteiger partial charge in [-0.25, -0.2) is 10.4 Å². The van der Waals surface area contributed by atoms with E-state index in [1.165, 1.54) is 5.56 Å². The Labute approximate surface area is 146 Å². The van der Waals surface area contributed by atoms with Gasteiger partial charge in [0, 0.05) is 31.1 Å². The second-order valence-corrected chi connectivity index (χ2v) is 6.02. The molecule has 0 bridgehead atoms. The zero-order valence-corrected chi connectivity index (χ0v) is 13.7. The summed E-state index contributed by atoms with van der Waals surface area (Å²) in [5.74, 6) is 0.856. The van der Waals surface area contributed by atoms with Gasteiger partial charge in [0.15, 0.2) is 0 Å². The molecule has 2 heterocycles. The van der Waals surface area contributed by atoms with E-state index < -0.39 is 0 Å². The van der Waals surface area contributed by atoms with Crippen LogP contribution in [0.15, 0.2) is 72.0 Å². The van der Waals surface area contributed by atoms with Crippen molar-refractivity contribution >= 4 is 11.6 Å². The third-order valence-corrected chi connectivity index (χ3v) is 4.20. The van der Waals surface area contributed by atoms with Gasteiger partial charge in [-0.3, -0.25) is 4.79 Å².